The number of hydrogen-bond donors (Lipinski definition) is 1. The van der Waals surface area contributed by atoms with Gasteiger partial charge in [0.2, 0.25) is 0 Å². The van der Waals surface area contributed by atoms with Crippen molar-refractivity contribution in [2.75, 3.05) is 27.9 Å². The molecule has 0 radical (unpaired) electrons. The van der Waals surface area contributed by atoms with Crippen LogP contribution in [0, 0.1) is 5.92 Å². The van der Waals surface area contributed by atoms with Crippen molar-refractivity contribution in [3.8, 4) is 23.0 Å². The molecule has 156 valence electrons. The van der Waals surface area contributed by atoms with Crippen LogP contribution in [0.1, 0.15) is 36.2 Å². The van der Waals surface area contributed by atoms with Crippen molar-refractivity contribution in [3.05, 3.63) is 47.5 Å². The van der Waals surface area contributed by atoms with Crippen LogP contribution in [0.5, 0.6) is 23.0 Å². The number of nitrogens with one attached hydrogen (secondary N) is 1. The third-order valence-electron chi connectivity index (χ3n) is 4.18. The second-order valence-electron chi connectivity index (χ2n) is 6.68. The largest absolute Gasteiger partial charge is 0.493 e. The summed E-state index contributed by atoms with van der Waals surface area (Å²) in [6, 6.07) is 10.4. The van der Waals surface area contributed by atoms with Crippen molar-refractivity contribution in [3.63, 3.8) is 0 Å². The van der Waals surface area contributed by atoms with Gasteiger partial charge in [0.05, 0.1) is 34.2 Å². The Labute approximate surface area is 171 Å². The number of ether oxygens (including phenoxy) is 4. The second-order valence-corrected chi connectivity index (χ2v) is 6.68. The highest BCUT2D eigenvalue weighted by Gasteiger charge is 2.12. The Morgan fingerprint density at radius 1 is 1.03 bits per heavy atom. The summed E-state index contributed by atoms with van der Waals surface area (Å²) in [6.07, 6.45) is 2.44. The maximum Gasteiger partial charge on any atom is 0.271 e. The highest BCUT2D eigenvalue weighted by molar-refractivity contribution is 5.95. The maximum atomic E-state index is 12.4. The molecule has 0 aliphatic heterocycles. The number of hydrogen-bond acceptors (Lipinski definition) is 6. The summed E-state index contributed by atoms with van der Waals surface area (Å²) in [5, 5.41) is 4.02. The van der Waals surface area contributed by atoms with Crippen molar-refractivity contribution in [2.24, 2.45) is 11.0 Å². The van der Waals surface area contributed by atoms with E-state index in [-0.39, 0.29) is 5.91 Å². The van der Waals surface area contributed by atoms with Crippen molar-refractivity contribution in [2.45, 2.75) is 20.3 Å². The van der Waals surface area contributed by atoms with Gasteiger partial charge in [0, 0.05) is 11.1 Å². The van der Waals surface area contributed by atoms with Crippen LogP contribution >= 0.6 is 0 Å². The molecule has 1 amide bonds. The van der Waals surface area contributed by atoms with Crippen molar-refractivity contribution in [1.82, 2.24) is 5.43 Å². The van der Waals surface area contributed by atoms with Crippen LogP contribution in [-0.2, 0) is 0 Å². The molecule has 2 aromatic rings. The van der Waals surface area contributed by atoms with Gasteiger partial charge in [-0.15, -0.1) is 0 Å². The van der Waals surface area contributed by atoms with Gasteiger partial charge in [-0.05, 0) is 42.7 Å². The fourth-order valence-electron chi connectivity index (χ4n) is 2.57. The molecular weight excluding hydrogens is 372 g/mol. The number of para-hydroxylation sites is 1. The molecule has 7 nitrogen and oxygen atoms in total. The normalized spacial score (nSPS) is 10.8. The van der Waals surface area contributed by atoms with Crippen LogP contribution in [0.25, 0.3) is 0 Å². The van der Waals surface area contributed by atoms with Gasteiger partial charge < -0.3 is 18.9 Å². The molecule has 0 heterocycles. The van der Waals surface area contributed by atoms with Gasteiger partial charge in [-0.2, -0.15) is 5.10 Å². The number of nitrogens with zero attached hydrogens (tertiary/aromatic N) is 1. The Balaban J connectivity index is 2.06. The van der Waals surface area contributed by atoms with E-state index in [1.54, 1.807) is 45.6 Å². The lowest BCUT2D eigenvalue weighted by Crippen LogP contribution is -2.17. The Kier molecular flexibility index (Phi) is 8.33. The summed E-state index contributed by atoms with van der Waals surface area (Å²) in [5.41, 5.74) is 3.59. The first-order valence-corrected chi connectivity index (χ1v) is 9.35. The summed E-state index contributed by atoms with van der Waals surface area (Å²) in [6.45, 7) is 4.86. The minimum absolute atomic E-state index is 0.366. The number of hydrazone groups is 1. The lowest BCUT2D eigenvalue weighted by atomic mass is 10.1. The van der Waals surface area contributed by atoms with Gasteiger partial charge in [-0.1, -0.05) is 19.9 Å². The fourth-order valence-corrected chi connectivity index (χ4v) is 2.57. The van der Waals surface area contributed by atoms with Crippen molar-refractivity contribution in [1.29, 1.82) is 0 Å². The van der Waals surface area contributed by atoms with Gasteiger partial charge in [0.1, 0.15) is 0 Å². The average Bonchev–Trinajstić information content (AvgIpc) is 2.73. The first kappa shape index (κ1) is 22.1. The molecule has 0 aliphatic rings. The summed E-state index contributed by atoms with van der Waals surface area (Å²) >= 11 is 0. The van der Waals surface area contributed by atoms with Gasteiger partial charge in [-0.3, -0.25) is 4.79 Å². The predicted octanol–water partition coefficient (Wildman–Crippen LogP) is 3.90. The topological polar surface area (TPSA) is 78.4 Å². The van der Waals surface area contributed by atoms with E-state index >= 15 is 0 Å². The number of benzene rings is 2. The number of amides is 1. The van der Waals surface area contributed by atoms with Crippen LogP contribution in [0.2, 0.25) is 0 Å². The molecule has 0 saturated heterocycles. The Bertz CT molecular complexity index is 849. The number of methoxy groups -OCH3 is 3. The highest BCUT2D eigenvalue weighted by atomic mass is 16.5. The van der Waals surface area contributed by atoms with Gasteiger partial charge in [0.15, 0.2) is 23.0 Å². The zero-order valence-electron chi connectivity index (χ0n) is 17.5. The molecule has 0 fully saturated rings. The van der Waals surface area contributed by atoms with E-state index in [0.29, 0.717) is 46.6 Å². The Hall–Kier alpha value is -3.22. The van der Waals surface area contributed by atoms with Crippen LogP contribution in [0.15, 0.2) is 41.5 Å². The number of carbonyl (C=O) groups is 1. The number of rotatable bonds is 10. The van der Waals surface area contributed by atoms with E-state index in [2.05, 4.69) is 24.4 Å². The molecule has 0 bridgehead atoms. The van der Waals surface area contributed by atoms with E-state index in [4.69, 9.17) is 18.9 Å². The number of carbonyl (C=O) groups excluding carboxylic acids is 1. The monoisotopic (exact) mass is 400 g/mol. The van der Waals surface area contributed by atoms with Crippen LogP contribution in [0.3, 0.4) is 0 Å². The zero-order valence-corrected chi connectivity index (χ0v) is 17.5. The Morgan fingerprint density at radius 2 is 1.79 bits per heavy atom. The predicted molar refractivity (Wildman–Crippen MR) is 113 cm³/mol. The van der Waals surface area contributed by atoms with Crippen molar-refractivity contribution < 1.29 is 23.7 Å². The smallest absolute Gasteiger partial charge is 0.271 e. The molecule has 7 heteroatoms. The highest BCUT2D eigenvalue weighted by Crippen LogP contribution is 2.30. The van der Waals surface area contributed by atoms with E-state index in [0.717, 1.165) is 6.42 Å². The summed E-state index contributed by atoms with van der Waals surface area (Å²) in [5.74, 6) is 2.41. The summed E-state index contributed by atoms with van der Waals surface area (Å²) in [7, 11) is 4.65. The second kappa shape index (κ2) is 10.9. The first-order chi connectivity index (χ1) is 14.0. The molecule has 0 aromatic heterocycles. The van der Waals surface area contributed by atoms with E-state index in [1.807, 2.05) is 12.1 Å². The molecule has 2 rings (SSSR count). The molecule has 0 unspecified atom stereocenters. The summed E-state index contributed by atoms with van der Waals surface area (Å²) < 4.78 is 21.7. The first-order valence-electron chi connectivity index (χ1n) is 9.35. The van der Waals surface area contributed by atoms with E-state index in [9.17, 15) is 4.79 Å². The lowest BCUT2D eigenvalue weighted by molar-refractivity contribution is 0.0954. The quantitative estimate of drug-likeness (QED) is 0.483. The molecule has 0 saturated carbocycles. The van der Waals surface area contributed by atoms with Crippen LogP contribution in [0.4, 0.5) is 0 Å². The van der Waals surface area contributed by atoms with Crippen LogP contribution < -0.4 is 24.4 Å². The summed E-state index contributed by atoms with van der Waals surface area (Å²) in [4.78, 5) is 12.4. The molecule has 2 aromatic carbocycles. The van der Waals surface area contributed by atoms with E-state index < -0.39 is 0 Å². The third-order valence-corrected chi connectivity index (χ3v) is 4.18. The van der Waals surface area contributed by atoms with E-state index in [1.165, 1.54) is 6.21 Å². The van der Waals surface area contributed by atoms with Crippen LogP contribution in [-0.4, -0.2) is 40.1 Å². The van der Waals surface area contributed by atoms with Gasteiger partial charge in [0.25, 0.3) is 5.91 Å². The molecule has 0 atom stereocenters. The maximum absolute atomic E-state index is 12.4. The minimum Gasteiger partial charge on any atom is -0.493 e. The van der Waals surface area contributed by atoms with Gasteiger partial charge in [-0.25, -0.2) is 5.43 Å². The minimum atomic E-state index is -0.366. The molecular formula is C22H28N2O5. The SMILES string of the molecule is COc1cc(C(=O)N/N=C/c2cccc(OC)c2OC)ccc1OCCC(C)C. The molecule has 0 spiro atoms. The molecule has 29 heavy (non-hydrogen) atoms. The fraction of sp³-hybridized carbons (Fsp3) is 0.364. The van der Waals surface area contributed by atoms with Gasteiger partial charge >= 0.3 is 0 Å². The van der Waals surface area contributed by atoms with Crippen molar-refractivity contribution >= 4 is 12.1 Å². The standard InChI is InChI=1S/C22H28N2O5/c1-15(2)11-12-29-18-10-9-16(13-20(18)27-4)22(25)24-23-14-17-7-6-8-19(26-3)21(17)28-5/h6-10,13-15H,11-12H2,1-5H3,(H,24,25)/b23-14+. The zero-order chi connectivity index (χ0) is 21.2. The molecule has 1 N–H and O–H groups in total. The Morgan fingerprint density at radius 3 is 2.45 bits per heavy atom. The molecule has 0 aliphatic carbocycles. The average molecular weight is 400 g/mol. The lowest BCUT2D eigenvalue weighted by Gasteiger charge is -2.12. The third kappa shape index (κ3) is 6.14.